The highest BCUT2D eigenvalue weighted by Crippen LogP contribution is 2.09. The zero-order valence-corrected chi connectivity index (χ0v) is 17.1. The minimum atomic E-state index is -0.359. The van der Waals surface area contributed by atoms with Crippen molar-refractivity contribution in [3.63, 3.8) is 0 Å². The average molecular weight is 394 g/mol. The van der Waals surface area contributed by atoms with Crippen molar-refractivity contribution >= 4 is 17.8 Å². The molecule has 1 fully saturated rings. The normalized spacial score (nSPS) is 12.2. The van der Waals surface area contributed by atoms with Gasteiger partial charge in [-0.3, -0.25) is 4.79 Å². The fraction of sp³-hybridized carbons (Fsp3) is 0.400. The number of likely N-dealkylation sites (N-methyl/N-ethyl adjacent to an activating group) is 1. The Hall–Kier alpha value is -3.18. The maximum atomic E-state index is 10.7. The molecule has 1 atom stereocenters. The van der Waals surface area contributed by atoms with Crippen molar-refractivity contribution in [2.45, 2.75) is 20.0 Å². The summed E-state index contributed by atoms with van der Waals surface area (Å²) in [6, 6.07) is 1.69. The van der Waals surface area contributed by atoms with E-state index in [0.717, 1.165) is 6.08 Å². The lowest BCUT2D eigenvalue weighted by Gasteiger charge is -2.03. The molecule has 1 aliphatic rings. The quantitative estimate of drug-likeness (QED) is 0.294. The highest BCUT2D eigenvalue weighted by molar-refractivity contribution is 5.87. The van der Waals surface area contributed by atoms with Gasteiger partial charge in [0.2, 0.25) is 5.91 Å². The molecule has 0 spiro atoms. The number of allylic oxidation sites excluding steroid dienone is 1. The molecule has 1 rings (SSSR count). The van der Waals surface area contributed by atoms with Crippen LogP contribution in [0.1, 0.15) is 13.8 Å². The Kier molecular flexibility index (Phi) is 21.3. The monoisotopic (exact) mass is 394 g/mol. The van der Waals surface area contributed by atoms with Crippen molar-refractivity contribution in [1.82, 2.24) is 4.90 Å². The highest BCUT2D eigenvalue weighted by atomic mass is 16.6. The van der Waals surface area contributed by atoms with E-state index in [-0.39, 0.29) is 23.9 Å². The lowest BCUT2D eigenvalue weighted by Crippen LogP contribution is -2.18. The maximum Gasteiger partial charge on any atom is 0.333 e. The second kappa shape index (κ2) is 20.1. The lowest BCUT2D eigenvalue weighted by atomic mass is 10.4. The Morgan fingerprint density at radius 3 is 1.89 bits per heavy atom. The van der Waals surface area contributed by atoms with Crippen LogP contribution in [0.25, 0.3) is 0 Å². The number of rotatable bonds is 6. The molecular formula is C20H30N2O6. The first-order valence-electron chi connectivity index (χ1n) is 8.18. The zero-order chi connectivity index (χ0) is 22.5. The predicted octanol–water partition coefficient (Wildman–Crippen LogP) is 2.20. The summed E-state index contributed by atoms with van der Waals surface area (Å²) in [6.07, 6.45) is 3.74. The highest BCUT2D eigenvalue weighted by Gasteiger charge is 2.24. The van der Waals surface area contributed by atoms with Gasteiger partial charge in [-0.05, 0) is 19.9 Å². The standard InChI is InChI=1S/C7H10O3.C5H9NO.C5H8O2.C3H3N/c1-5(2)7(8)10-4-6-3-9-6;1-4-5(7)6(2)3;1-3-5(6)7-4-2;1-2-3-4/h6H,1,3-4H2,2H3;4H,1H2,2-3H3;3H,1,4H2,2H3;2H,1H2. The van der Waals surface area contributed by atoms with Crippen LogP contribution in [0.2, 0.25) is 0 Å². The number of nitriles is 1. The van der Waals surface area contributed by atoms with E-state index in [1.165, 1.54) is 17.1 Å². The number of esters is 2. The van der Waals surface area contributed by atoms with Crippen LogP contribution in [0.4, 0.5) is 0 Å². The molecular weight excluding hydrogens is 364 g/mol. The van der Waals surface area contributed by atoms with Crippen LogP contribution in [0.3, 0.4) is 0 Å². The van der Waals surface area contributed by atoms with Crippen LogP contribution >= 0.6 is 0 Å². The summed E-state index contributed by atoms with van der Waals surface area (Å²) in [5, 5.41) is 7.51. The summed E-state index contributed by atoms with van der Waals surface area (Å²) in [5.74, 6) is -0.752. The number of amides is 1. The smallest absolute Gasteiger partial charge is 0.333 e. The first-order valence-corrected chi connectivity index (χ1v) is 8.18. The summed E-state index contributed by atoms with van der Waals surface area (Å²) < 4.78 is 14.0. The molecule has 156 valence electrons. The molecule has 0 aromatic heterocycles. The van der Waals surface area contributed by atoms with Crippen molar-refractivity contribution in [3.05, 3.63) is 50.1 Å². The third-order valence-electron chi connectivity index (χ3n) is 2.31. The van der Waals surface area contributed by atoms with Crippen molar-refractivity contribution in [3.8, 4) is 6.07 Å². The van der Waals surface area contributed by atoms with Gasteiger partial charge in [-0.2, -0.15) is 5.26 Å². The molecule has 1 saturated heterocycles. The van der Waals surface area contributed by atoms with E-state index in [1.54, 1.807) is 34.0 Å². The molecule has 0 radical (unpaired) electrons. The van der Waals surface area contributed by atoms with Crippen LogP contribution in [0.5, 0.6) is 0 Å². The summed E-state index contributed by atoms with van der Waals surface area (Å²) in [6.45, 7) is 17.9. The van der Waals surface area contributed by atoms with Crippen LogP contribution < -0.4 is 0 Å². The summed E-state index contributed by atoms with van der Waals surface area (Å²) in [5.41, 5.74) is 0.431. The van der Waals surface area contributed by atoms with Gasteiger partial charge < -0.3 is 19.1 Å². The number of hydrogen-bond donors (Lipinski definition) is 0. The molecule has 1 heterocycles. The van der Waals surface area contributed by atoms with Gasteiger partial charge in [0.15, 0.2) is 0 Å². The number of ether oxygens (including phenoxy) is 3. The molecule has 0 aromatic rings. The number of carbonyl (C=O) groups is 3. The van der Waals surface area contributed by atoms with Crippen LogP contribution in [-0.4, -0.2) is 62.8 Å². The number of epoxide rings is 1. The van der Waals surface area contributed by atoms with E-state index < -0.39 is 0 Å². The molecule has 0 aliphatic carbocycles. The first-order chi connectivity index (χ1) is 13.1. The molecule has 1 amide bonds. The molecule has 0 aromatic carbocycles. The number of carbonyl (C=O) groups excluding carboxylic acids is 3. The molecule has 28 heavy (non-hydrogen) atoms. The van der Waals surface area contributed by atoms with Crippen LogP contribution in [-0.2, 0) is 28.6 Å². The average Bonchev–Trinajstić information content (AvgIpc) is 3.50. The zero-order valence-electron chi connectivity index (χ0n) is 17.1. The third kappa shape index (κ3) is 25.1. The van der Waals surface area contributed by atoms with Gasteiger partial charge in [-0.15, -0.1) is 0 Å². The lowest BCUT2D eigenvalue weighted by molar-refractivity contribution is -0.139. The van der Waals surface area contributed by atoms with E-state index in [4.69, 9.17) is 14.7 Å². The fourth-order valence-corrected chi connectivity index (χ4v) is 0.840. The first kappa shape index (κ1) is 29.6. The van der Waals surface area contributed by atoms with Crippen LogP contribution in [0, 0.1) is 11.3 Å². The molecule has 0 bridgehead atoms. The number of hydrogen-bond acceptors (Lipinski definition) is 7. The van der Waals surface area contributed by atoms with Crippen molar-refractivity contribution in [2.75, 3.05) is 33.9 Å². The van der Waals surface area contributed by atoms with E-state index >= 15 is 0 Å². The molecule has 1 unspecified atom stereocenters. The van der Waals surface area contributed by atoms with Crippen molar-refractivity contribution < 1.29 is 28.6 Å². The summed E-state index contributed by atoms with van der Waals surface area (Å²) in [7, 11) is 3.37. The number of nitrogens with zero attached hydrogens (tertiary/aromatic N) is 2. The second-order valence-corrected chi connectivity index (χ2v) is 5.06. The van der Waals surface area contributed by atoms with Crippen molar-refractivity contribution in [1.29, 1.82) is 5.26 Å². The summed E-state index contributed by atoms with van der Waals surface area (Å²) in [4.78, 5) is 32.6. The van der Waals surface area contributed by atoms with Gasteiger partial charge >= 0.3 is 11.9 Å². The molecule has 0 N–H and O–H groups in total. The van der Waals surface area contributed by atoms with Gasteiger partial charge in [-0.25, -0.2) is 9.59 Å². The topological polar surface area (TPSA) is 109 Å². The largest absolute Gasteiger partial charge is 0.463 e. The van der Waals surface area contributed by atoms with Gasteiger partial charge in [0.25, 0.3) is 0 Å². The van der Waals surface area contributed by atoms with E-state index in [9.17, 15) is 14.4 Å². The SMILES string of the molecule is C=C(C)C(=O)OCC1CO1.C=CC#N.C=CC(=O)N(C)C.C=CC(=O)OCC. The Labute approximate surface area is 167 Å². The van der Waals surface area contributed by atoms with Crippen LogP contribution in [0.15, 0.2) is 50.1 Å². The van der Waals surface area contributed by atoms with Crippen molar-refractivity contribution in [2.24, 2.45) is 0 Å². The fourth-order valence-electron chi connectivity index (χ4n) is 0.840. The molecule has 8 heteroatoms. The Balaban J connectivity index is -0.000000313. The van der Waals surface area contributed by atoms with Gasteiger partial charge in [-0.1, -0.05) is 26.3 Å². The third-order valence-corrected chi connectivity index (χ3v) is 2.31. The summed E-state index contributed by atoms with van der Waals surface area (Å²) >= 11 is 0. The van der Waals surface area contributed by atoms with E-state index in [1.807, 2.05) is 0 Å². The minimum Gasteiger partial charge on any atom is -0.463 e. The maximum absolute atomic E-state index is 10.7. The van der Waals surface area contributed by atoms with E-state index in [0.29, 0.717) is 25.4 Å². The minimum absolute atomic E-state index is 0.0556. The van der Waals surface area contributed by atoms with Gasteiger partial charge in [0.05, 0.1) is 19.3 Å². The molecule has 8 nitrogen and oxygen atoms in total. The second-order valence-electron chi connectivity index (χ2n) is 5.06. The molecule has 0 saturated carbocycles. The predicted molar refractivity (Wildman–Crippen MR) is 107 cm³/mol. The van der Waals surface area contributed by atoms with Gasteiger partial charge in [0.1, 0.15) is 12.7 Å². The molecule has 1 aliphatic heterocycles. The van der Waals surface area contributed by atoms with Gasteiger partial charge in [0, 0.05) is 31.8 Å². The Bertz CT molecular complexity index is 572. The Morgan fingerprint density at radius 1 is 1.21 bits per heavy atom. The Morgan fingerprint density at radius 2 is 1.71 bits per heavy atom. The van der Waals surface area contributed by atoms with E-state index in [2.05, 4.69) is 31.1 Å².